The predicted octanol–water partition coefficient (Wildman–Crippen LogP) is 2.91. The van der Waals surface area contributed by atoms with Gasteiger partial charge in [0.15, 0.2) is 11.6 Å². The van der Waals surface area contributed by atoms with Crippen molar-refractivity contribution in [3.05, 3.63) is 23.3 Å². The van der Waals surface area contributed by atoms with Gasteiger partial charge in [0.25, 0.3) is 0 Å². The van der Waals surface area contributed by atoms with Crippen LogP contribution in [0, 0.1) is 0 Å². The number of nitrogens with zero attached hydrogens (tertiary/aromatic N) is 5. The normalized spacial score (nSPS) is 15.2. The molecule has 28 heavy (non-hydrogen) atoms. The van der Waals surface area contributed by atoms with E-state index in [0.29, 0.717) is 19.0 Å². The molecule has 1 saturated heterocycles. The molecule has 4 rings (SSSR count). The minimum absolute atomic E-state index is 0.482. The Morgan fingerprint density at radius 1 is 1.18 bits per heavy atom. The first-order chi connectivity index (χ1) is 13.5. The molecule has 0 aromatic carbocycles. The fourth-order valence-corrected chi connectivity index (χ4v) is 3.97. The third kappa shape index (κ3) is 3.52. The molecule has 0 aliphatic carbocycles. The minimum atomic E-state index is -0.482. The topological polar surface area (TPSA) is 85.3 Å². The van der Waals surface area contributed by atoms with E-state index in [0.717, 1.165) is 45.6 Å². The summed E-state index contributed by atoms with van der Waals surface area (Å²) in [6.07, 6.45) is 1.79. The van der Waals surface area contributed by atoms with Gasteiger partial charge in [0.1, 0.15) is 26.8 Å². The van der Waals surface area contributed by atoms with Gasteiger partial charge in [-0.15, -0.1) is 0 Å². The standard InChI is InChI=1S/C19H24N6O2S/c1-19(2,26-4)18-22-14-16(25-7-9-27-10-8-25)23-15(24-17(14)28-18)12-5-6-13(20-3)21-11-12/h5-6,11H,7-10H2,1-4H3,(H,20,21). The number of nitrogens with one attached hydrogen (secondary N) is 1. The smallest absolute Gasteiger partial charge is 0.164 e. The fraction of sp³-hybridized carbons (Fsp3) is 0.474. The summed E-state index contributed by atoms with van der Waals surface area (Å²) in [4.78, 5) is 22.0. The van der Waals surface area contributed by atoms with Gasteiger partial charge in [-0.3, -0.25) is 0 Å². The average Bonchev–Trinajstić information content (AvgIpc) is 3.19. The summed E-state index contributed by atoms with van der Waals surface area (Å²) in [6.45, 7) is 6.94. The number of aromatic nitrogens is 4. The molecule has 148 valence electrons. The lowest BCUT2D eigenvalue weighted by molar-refractivity contribution is 0.0192. The van der Waals surface area contributed by atoms with Crippen molar-refractivity contribution in [1.29, 1.82) is 0 Å². The van der Waals surface area contributed by atoms with E-state index in [1.165, 1.54) is 0 Å². The Balaban J connectivity index is 1.86. The van der Waals surface area contributed by atoms with E-state index in [1.807, 2.05) is 33.0 Å². The number of methoxy groups -OCH3 is 1. The molecule has 0 radical (unpaired) electrons. The molecule has 1 aliphatic rings. The van der Waals surface area contributed by atoms with Gasteiger partial charge in [0.05, 0.1) is 13.2 Å². The largest absolute Gasteiger partial charge is 0.378 e. The number of thiazole rings is 1. The van der Waals surface area contributed by atoms with Crippen molar-refractivity contribution in [2.45, 2.75) is 19.4 Å². The summed E-state index contributed by atoms with van der Waals surface area (Å²) in [5.41, 5.74) is 1.20. The summed E-state index contributed by atoms with van der Waals surface area (Å²) in [5, 5.41) is 3.91. The maximum absolute atomic E-state index is 5.63. The quantitative estimate of drug-likeness (QED) is 0.700. The molecule has 0 spiro atoms. The lowest BCUT2D eigenvalue weighted by atomic mass is 10.1. The highest BCUT2D eigenvalue weighted by Crippen LogP contribution is 2.36. The number of ether oxygens (including phenoxy) is 2. The molecule has 3 aromatic rings. The maximum atomic E-state index is 5.63. The maximum Gasteiger partial charge on any atom is 0.164 e. The first-order valence-corrected chi connectivity index (χ1v) is 10.0. The zero-order valence-electron chi connectivity index (χ0n) is 16.5. The number of hydrogen-bond donors (Lipinski definition) is 1. The van der Waals surface area contributed by atoms with E-state index in [1.54, 1.807) is 24.6 Å². The van der Waals surface area contributed by atoms with Crippen LogP contribution in [0.25, 0.3) is 21.7 Å². The zero-order chi connectivity index (χ0) is 19.7. The molecule has 1 aliphatic heterocycles. The number of hydrogen-bond acceptors (Lipinski definition) is 9. The molecule has 3 aromatic heterocycles. The van der Waals surface area contributed by atoms with Gasteiger partial charge >= 0.3 is 0 Å². The van der Waals surface area contributed by atoms with Crippen LogP contribution in [0.5, 0.6) is 0 Å². The van der Waals surface area contributed by atoms with Gasteiger partial charge in [-0.05, 0) is 26.0 Å². The SMILES string of the molecule is CNc1ccc(-c2nc(N3CCOCC3)c3nc(C(C)(C)OC)sc3n2)cn1. The fourth-order valence-electron chi connectivity index (χ4n) is 2.95. The monoisotopic (exact) mass is 400 g/mol. The van der Waals surface area contributed by atoms with Crippen molar-refractivity contribution in [3.63, 3.8) is 0 Å². The Bertz CT molecular complexity index is 966. The highest BCUT2D eigenvalue weighted by molar-refractivity contribution is 7.18. The average molecular weight is 401 g/mol. The summed E-state index contributed by atoms with van der Waals surface area (Å²) in [7, 11) is 3.54. The number of anilines is 2. The van der Waals surface area contributed by atoms with Crippen LogP contribution in [0.2, 0.25) is 0 Å². The third-order valence-corrected chi connectivity index (χ3v) is 6.11. The van der Waals surface area contributed by atoms with E-state index in [2.05, 4.69) is 15.2 Å². The van der Waals surface area contributed by atoms with Crippen LogP contribution in [0.1, 0.15) is 18.9 Å². The molecule has 1 N–H and O–H groups in total. The number of morpholine rings is 1. The first-order valence-electron chi connectivity index (χ1n) is 9.23. The van der Waals surface area contributed by atoms with Crippen LogP contribution in [-0.4, -0.2) is 60.4 Å². The Labute approximate surface area is 168 Å². The number of pyridine rings is 1. The van der Waals surface area contributed by atoms with Crippen LogP contribution < -0.4 is 10.2 Å². The van der Waals surface area contributed by atoms with E-state index in [-0.39, 0.29) is 0 Å². The Morgan fingerprint density at radius 2 is 1.96 bits per heavy atom. The molecule has 0 saturated carbocycles. The highest BCUT2D eigenvalue weighted by atomic mass is 32.1. The van der Waals surface area contributed by atoms with Gasteiger partial charge in [0.2, 0.25) is 0 Å². The van der Waals surface area contributed by atoms with Crippen molar-refractivity contribution < 1.29 is 9.47 Å². The molecule has 1 fully saturated rings. The van der Waals surface area contributed by atoms with Crippen LogP contribution in [-0.2, 0) is 15.1 Å². The van der Waals surface area contributed by atoms with Gasteiger partial charge in [-0.1, -0.05) is 11.3 Å². The van der Waals surface area contributed by atoms with E-state index in [4.69, 9.17) is 24.4 Å². The van der Waals surface area contributed by atoms with Crippen molar-refractivity contribution in [2.24, 2.45) is 0 Å². The van der Waals surface area contributed by atoms with E-state index in [9.17, 15) is 0 Å². The molecule has 9 heteroatoms. The van der Waals surface area contributed by atoms with Gasteiger partial charge in [-0.2, -0.15) is 0 Å². The second kappa shape index (κ2) is 7.57. The second-order valence-electron chi connectivity index (χ2n) is 7.04. The molecule has 8 nitrogen and oxygen atoms in total. The Morgan fingerprint density at radius 3 is 2.61 bits per heavy atom. The molecular weight excluding hydrogens is 376 g/mol. The van der Waals surface area contributed by atoms with Crippen molar-refractivity contribution in [1.82, 2.24) is 19.9 Å². The van der Waals surface area contributed by atoms with Crippen molar-refractivity contribution in [2.75, 3.05) is 50.7 Å². The zero-order valence-corrected chi connectivity index (χ0v) is 17.3. The van der Waals surface area contributed by atoms with Gasteiger partial charge < -0.3 is 19.7 Å². The number of rotatable bonds is 5. The lowest BCUT2D eigenvalue weighted by Gasteiger charge is -2.28. The molecule has 4 heterocycles. The highest BCUT2D eigenvalue weighted by Gasteiger charge is 2.28. The molecule has 0 atom stereocenters. The Kier molecular flexibility index (Phi) is 5.13. The molecule has 0 unspecified atom stereocenters. The van der Waals surface area contributed by atoms with Crippen LogP contribution in [0.4, 0.5) is 11.6 Å². The molecule has 0 bridgehead atoms. The summed E-state index contributed by atoms with van der Waals surface area (Å²) < 4.78 is 11.1. The molecule has 0 amide bonds. The van der Waals surface area contributed by atoms with Crippen LogP contribution in [0.3, 0.4) is 0 Å². The second-order valence-corrected chi connectivity index (χ2v) is 8.02. The van der Waals surface area contributed by atoms with Crippen LogP contribution in [0.15, 0.2) is 18.3 Å². The van der Waals surface area contributed by atoms with E-state index < -0.39 is 5.60 Å². The summed E-state index contributed by atoms with van der Waals surface area (Å²) in [5.74, 6) is 2.30. The first kappa shape index (κ1) is 19.0. The third-order valence-electron chi connectivity index (χ3n) is 4.85. The number of fused-ring (bicyclic) bond motifs is 1. The van der Waals surface area contributed by atoms with Crippen LogP contribution >= 0.6 is 11.3 Å². The van der Waals surface area contributed by atoms with Gasteiger partial charge in [-0.25, -0.2) is 19.9 Å². The Hall–Kier alpha value is -2.36. The lowest BCUT2D eigenvalue weighted by Crippen LogP contribution is -2.37. The van der Waals surface area contributed by atoms with Gasteiger partial charge in [0, 0.05) is 39.0 Å². The van der Waals surface area contributed by atoms with Crippen molar-refractivity contribution >= 4 is 33.3 Å². The summed E-state index contributed by atoms with van der Waals surface area (Å²) >= 11 is 1.55. The summed E-state index contributed by atoms with van der Waals surface area (Å²) in [6, 6.07) is 3.90. The van der Waals surface area contributed by atoms with E-state index >= 15 is 0 Å². The minimum Gasteiger partial charge on any atom is -0.378 e. The predicted molar refractivity (Wildman–Crippen MR) is 111 cm³/mol. The molecular formula is C19H24N6O2S. The van der Waals surface area contributed by atoms with Crippen molar-refractivity contribution in [3.8, 4) is 11.4 Å².